The first-order valence-corrected chi connectivity index (χ1v) is 7.19. The molecular weight excluding hydrogens is 334 g/mol. The van der Waals surface area contributed by atoms with Crippen molar-refractivity contribution in [3.05, 3.63) is 69.7 Å². The maximum atomic E-state index is 13.8. The standard InChI is InChI=1S/C15H12BrClF2/c16-14-8-12(18)6-5-10(14)7-11(9-17)13-3-1-2-4-15(13)19/h1-6,8,11H,7,9H2. The Morgan fingerprint density at radius 3 is 2.47 bits per heavy atom. The highest BCUT2D eigenvalue weighted by molar-refractivity contribution is 9.10. The third kappa shape index (κ3) is 3.54. The van der Waals surface area contributed by atoms with Crippen molar-refractivity contribution in [1.82, 2.24) is 0 Å². The molecule has 0 heterocycles. The number of halogens is 4. The van der Waals surface area contributed by atoms with Gasteiger partial charge in [0.05, 0.1) is 0 Å². The fourth-order valence-electron chi connectivity index (χ4n) is 2.01. The molecule has 0 radical (unpaired) electrons. The second-order valence-corrected chi connectivity index (χ2v) is 5.48. The van der Waals surface area contributed by atoms with Crippen LogP contribution in [0.2, 0.25) is 0 Å². The van der Waals surface area contributed by atoms with E-state index in [0.29, 0.717) is 22.3 Å². The molecule has 2 aromatic rings. The summed E-state index contributed by atoms with van der Waals surface area (Å²) in [6.45, 7) is 0. The van der Waals surface area contributed by atoms with Gasteiger partial charge in [0.25, 0.3) is 0 Å². The van der Waals surface area contributed by atoms with Gasteiger partial charge in [-0.25, -0.2) is 8.78 Å². The lowest BCUT2D eigenvalue weighted by Crippen LogP contribution is -2.07. The highest BCUT2D eigenvalue weighted by Crippen LogP contribution is 2.28. The first-order valence-electron chi connectivity index (χ1n) is 5.86. The van der Waals surface area contributed by atoms with Gasteiger partial charge in [-0.2, -0.15) is 0 Å². The summed E-state index contributed by atoms with van der Waals surface area (Å²) >= 11 is 9.27. The third-order valence-electron chi connectivity index (χ3n) is 3.01. The minimum absolute atomic E-state index is 0.135. The van der Waals surface area contributed by atoms with E-state index in [2.05, 4.69) is 15.9 Å². The van der Waals surface area contributed by atoms with Crippen molar-refractivity contribution in [3.63, 3.8) is 0 Å². The van der Waals surface area contributed by atoms with Crippen LogP contribution < -0.4 is 0 Å². The van der Waals surface area contributed by atoms with Crippen LogP contribution in [0.5, 0.6) is 0 Å². The molecule has 0 saturated heterocycles. The SMILES string of the molecule is Fc1ccc(CC(CCl)c2ccccc2F)c(Br)c1. The minimum atomic E-state index is -0.302. The van der Waals surface area contributed by atoms with Gasteiger partial charge in [0, 0.05) is 16.3 Å². The Morgan fingerprint density at radius 2 is 1.84 bits per heavy atom. The molecule has 2 rings (SSSR count). The Hall–Kier alpha value is -0.930. The largest absolute Gasteiger partial charge is 0.207 e. The molecule has 0 nitrogen and oxygen atoms in total. The fourth-order valence-corrected chi connectivity index (χ4v) is 2.79. The molecule has 1 atom stereocenters. The van der Waals surface area contributed by atoms with E-state index < -0.39 is 0 Å². The van der Waals surface area contributed by atoms with E-state index in [9.17, 15) is 8.78 Å². The predicted molar refractivity (Wildman–Crippen MR) is 77.7 cm³/mol. The molecule has 0 spiro atoms. The second kappa shape index (κ2) is 6.49. The average Bonchev–Trinajstić information content (AvgIpc) is 2.39. The second-order valence-electron chi connectivity index (χ2n) is 4.31. The van der Waals surface area contributed by atoms with Gasteiger partial charge in [-0.1, -0.05) is 40.2 Å². The summed E-state index contributed by atoms with van der Waals surface area (Å²) in [5, 5.41) is 0. The van der Waals surface area contributed by atoms with Crippen LogP contribution in [0, 0.1) is 11.6 Å². The zero-order valence-corrected chi connectivity index (χ0v) is 12.4. The Balaban J connectivity index is 2.27. The molecule has 2 aromatic carbocycles. The van der Waals surface area contributed by atoms with E-state index in [1.165, 1.54) is 18.2 Å². The molecule has 100 valence electrons. The van der Waals surface area contributed by atoms with Gasteiger partial charge in [0.1, 0.15) is 11.6 Å². The molecule has 0 aliphatic rings. The summed E-state index contributed by atoms with van der Waals surface area (Å²) in [5.41, 5.74) is 1.50. The molecule has 0 aliphatic heterocycles. The van der Waals surface area contributed by atoms with Gasteiger partial charge in [-0.15, -0.1) is 11.6 Å². The molecule has 0 N–H and O–H groups in total. The summed E-state index contributed by atoms with van der Waals surface area (Å²) in [7, 11) is 0. The lowest BCUT2D eigenvalue weighted by atomic mass is 9.93. The maximum absolute atomic E-state index is 13.8. The van der Waals surface area contributed by atoms with E-state index >= 15 is 0 Å². The Morgan fingerprint density at radius 1 is 1.11 bits per heavy atom. The molecular formula is C15H12BrClF2. The van der Waals surface area contributed by atoms with Crippen molar-refractivity contribution in [2.75, 3.05) is 5.88 Å². The average molecular weight is 346 g/mol. The predicted octanol–water partition coefficient (Wildman–Crippen LogP) is 5.29. The molecule has 0 saturated carbocycles. The van der Waals surface area contributed by atoms with Gasteiger partial charge in [0.2, 0.25) is 0 Å². The van der Waals surface area contributed by atoms with Gasteiger partial charge < -0.3 is 0 Å². The molecule has 1 unspecified atom stereocenters. The van der Waals surface area contributed by atoms with Crippen LogP contribution in [0.25, 0.3) is 0 Å². The van der Waals surface area contributed by atoms with Crippen LogP contribution in [-0.4, -0.2) is 5.88 Å². The lowest BCUT2D eigenvalue weighted by molar-refractivity contribution is 0.588. The van der Waals surface area contributed by atoms with E-state index in [-0.39, 0.29) is 17.6 Å². The number of rotatable bonds is 4. The third-order valence-corrected chi connectivity index (χ3v) is 4.12. The van der Waals surface area contributed by atoms with E-state index in [1.54, 1.807) is 24.3 Å². The molecule has 4 heteroatoms. The smallest absolute Gasteiger partial charge is 0.126 e. The van der Waals surface area contributed by atoms with Crippen molar-refractivity contribution in [2.45, 2.75) is 12.3 Å². The molecule has 0 aromatic heterocycles. The number of hydrogen-bond donors (Lipinski definition) is 0. The summed E-state index contributed by atoms with van der Waals surface area (Å²) < 4.78 is 27.5. The van der Waals surface area contributed by atoms with Gasteiger partial charge in [-0.3, -0.25) is 0 Å². The fraction of sp³-hybridized carbons (Fsp3) is 0.200. The summed E-state index contributed by atoms with van der Waals surface area (Å²) in [5.74, 6) is -0.384. The first-order chi connectivity index (χ1) is 9.11. The van der Waals surface area contributed by atoms with Crippen LogP contribution in [0.3, 0.4) is 0 Å². The van der Waals surface area contributed by atoms with Crippen molar-refractivity contribution < 1.29 is 8.78 Å². The van der Waals surface area contributed by atoms with Crippen molar-refractivity contribution in [1.29, 1.82) is 0 Å². The summed E-state index contributed by atoms with van der Waals surface area (Å²) in [6.07, 6.45) is 0.561. The number of hydrogen-bond acceptors (Lipinski definition) is 0. The molecule has 0 bridgehead atoms. The van der Waals surface area contributed by atoms with Crippen LogP contribution in [-0.2, 0) is 6.42 Å². The molecule has 0 aliphatic carbocycles. The van der Waals surface area contributed by atoms with Crippen molar-refractivity contribution in [3.8, 4) is 0 Å². The number of alkyl halides is 1. The lowest BCUT2D eigenvalue weighted by Gasteiger charge is -2.16. The summed E-state index contributed by atoms with van der Waals surface area (Å²) in [6, 6.07) is 11.1. The van der Waals surface area contributed by atoms with Gasteiger partial charge >= 0.3 is 0 Å². The van der Waals surface area contributed by atoms with Crippen molar-refractivity contribution >= 4 is 27.5 Å². The highest BCUT2D eigenvalue weighted by Gasteiger charge is 2.16. The van der Waals surface area contributed by atoms with E-state index in [4.69, 9.17) is 11.6 Å². The van der Waals surface area contributed by atoms with Gasteiger partial charge in [0.15, 0.2) is 0 Å². The molecule has 0 amide bonds. The Labute approximate surface area is 124 Å². The normalized spacial score (nSPS) is 12.4. The topological polar surface area (TPSA) is 0 Å². The van der Waals surface area contributed by atoms with E-state index in [0.717, 1.165) is 5.56 Å². The van der Waals surface area contributed by atoms with Gasteiger partial charge in [-0.05, 0) is 35.7 Å². The quantitative estimate of drug-likeness (QED) is 0.660. The van der Waals surface area contributed by atoms with Crippen LogP contribution >= 0.6 is 27.5 Å². The number of benzene rings is 2. The zero-order chi connectivity index (χ0) is 13.8. The summed E-state index contributed by atoms with van der Waals surface area (Å²) in [4.78, 5) is 0. The Bertz CT molecular complexity index is 572. The van der Waals surface area contributed by atoms with Crippen LogP contribution in [0.4, 0.5) is 8.78 Å². The Kier molecular flexibility index (Phi) is 4.94. The highest BCUT2D eigenvalue weighted by atomic mass is 79.9. The first kappa shape index (κ1) is 14.5. The zero-order valence-electron chi connectivity index (χ0n) is 10.0. The van der Waals surface area contributed by atoms with Crippen LogP contribution in [0.15, 0.2) is 46.9 Å². The minimum Gasteiger partial charge on any atom is -0.207 e. The molecule has 0 fully saturated rings. The maximum Gasteiger partial charge on any atom is 0.126 e. The van der Waals surface area contributed by atoms with E-state index in [1.807, 2.05) is 0 Å². The molecule has 19 heavy (non-hydrogen) atoms. The monoisotopic (exact) mass is 344 g/mol. The van der Waals surface area contributed by atoms with Crippen molar-refractivity contribution in [2.24, 2.45) is 0 Å². The van der Waals surface area contributed by atoms with Crippen LogP contribution in [0.1, 0.15) is 17.0 Å².